The summed E-state index contributed by atoms with van der Waals surface area (Å²) in [6, 6.07) is 0. The van der Waals surface area contributed by atoms with Crippen LogP contribution < -0.4 is 0 Å². The molecule has 2 aliphatic rings. The van der Waals surface area contributed by atoms with E-state index in [0.29, 0.717) is 24.2 Å². The minimum absolute atomic E-state index is 0.233. The van der Waals surface area contributed by atoms with Crippen molar-refractivity contribution in [2.75, 3.05) is 54.5 Å². The highest BCUT2D eigenvalue weighted by molar-refractivity contribution is 7.12. The Balaban J connectivity index is 0.000000264. The quantitative estimate of drug-likeness (QED) is 0.210. The molecule has 11 heteroatoms. The summed E-state index contributed by atoms with van der Waals surface area (Å²) >= 11 is 3.27. The average molecular weight is 702 g/mol. The number of hydrogen-bond acceptors (Lipinski definition) is 10. The molecule has 4 heterocycles. The highest BCUT2D eigenvalue weighted by atomic mass is 32.1. The summed E-state index contributed by atoms with van der Waals surface area (Å²) in [5.41, 5.74) is 8.57. The van der Waals surface area contributed by atoms with E-state index >= 15 is 0 Å². The van der Waals surface area contributed by atoms with Gasteiger partial charge in [0.25, 0.3) is 0 Å². The van der Waals surface area contributed by atoms with Crippen molar-refractivity contribution in [2.24, 2.45) is 0 Å². The lowest BCUT2D eigenvalue weighted by Crippen LogP contribution is -2.41. The van der Waals surface area contributed by atoms with Crippen molar-refractivity contribution in [2.45, 2.75) is 92.6 Å². The lowest BCUT2D eigenvalue weighted by atomic mass is 9.93. The van der Waals surface area contributed by atoms with Gasteiger partial charge >= 0.3 is 18.0 Å². The van der Waals surface area contributed by atoms with E-state index in [1.807, 2.05) is 45.4 Å². The van der Waals surface area contributed by atoms with Crippen LogP contribution >= 0.6 is 22.7 Å². The van der Waals surface area contributed by atoms with Gasteiger partial charge in [-0.1, -0.05) is 25.0 Å². The van der Waals surface area contributed by atoms with E-state index in [-0.39, 0.29) is 18.0 Å². The fraction of sp³-hybridized carbons (Fsp3) is 0.595. The summed E-state index contributed by atoms with van der Waals surface area (Å²) < 4.78 is 15.2. The standard InChI is InChI=1S/C20H29NO4S.C17H26N2O2S/c1-7-15(17-13(2)16(12-26-17)18(22)24-6)14-8-10-21(11-9-14)19(23)25-20(3,4)5;1-6-14(13-7-9-19(10-8-13)18(3)4)16-12(2)15(11-22-16)17(20)21-5/h12H,7-11H2,1-6H3;11H,6-10H2,1-5H3. The van der Waals surface area contributed by atoms with E-state index in [0.717, 1.165) is 67.6 Å². The number of hydrogen-bond donors (Lipinski definition) is 0. The molecule has 2 aromatic heterocycles. The molecule has 9 nitrogen and oxygen atoms in total. The van der Waals surface area contributed by atoms with E-state index < -0.39 is 5.60 Å². The number of rotatable bonds is 7. The second-order valence-corrected chi connectivity index (χ2v) is 15.1. The Kier molecular flexibility index (Phi) is 14.5. The van der Waals surface area contributed by atoms with Gasteiger partial charge < -0.3 is 19.1 Å². The molecule has 0 spiro atoms. The van der Waals surface area contributed by atoms with E-state index in [1.165, 1.54) is 35.8 Å². The number of ether oxygens (including phenoxy) is 3. The van der Waals surface area contributed by atoms with Crippen LogP contribution in [0.3, 0.4) is 0 Å². The molecule has 1 amide bonds. The van der Waals surface area contributed by atoms with Crippen LogP contribution in [0.4, 0.5) is 4.79 Å². The molecule has 0 atom stereocenters. The summed E-state index contributed by atoms with van der Waals surface area (Å²) in [6.07, 6.45) is 5.57. The van der Waals surface area contributed by atoms with Gasteiger partial charge in [0.15, 0.2) is 0 Å². The topological polar surface area (TPSA) is 88.6 Å². The molecule has 2 aliphatic heterocycles. The first-order valence-electron chi connectivity index (χ1n) is 16.8. The van der Waals surface area contributed by atoms with Gasteiger partial charge in [0, 0.05) is 60.8 Å². The van der Waals surface area contributed by atoms with Crippen LogP contribution in [0, 0.1) is 13.8 Å². The first kappa shape index (κ1) is 39.4. The highest BCUT2D eigenvalue weighted by Gasteiger charge is 2.27. The van der Waals surface area contributed by atoms with Gasteiger partial charge in [0.1, 0.15) is 5.60 Å². The van der Waals surface area contributed by atoms with Crippen molar-refractivity contribution in [1.82, 2.24) is 14.9 Å². The Morgan fingerprint density at radius 2 is 1.15 bits per heavy atom. The maximum absolute atomic E-state index is 12.2. The maximum Gasteiger partial charge on any atom is 0.410 e. The molecule has 0 N–H and O–H groups in total. The highest BCUT2D eigenvalue weighted by Crippen LogP contribution is 2.37. The van der Waals surface area contributed by atoms with Crippen LogP contribution in [0.2, 0.25) is 0 Å². The summed E-state index contributed by atoms with van der Waals surface area (Å²) in [7, 11) is 7.04. The summed E-state index contributed by atoms with van der Waals surface area (Å²) in [4.78, 5) is 40.1. The molecule has 48 heavy (non-hydrogen) atoms. The normalized spacial score (nSPS) is 15.5. The molecule has 0 saturated carbocycles. The summed E-state index contributed by atoms with van der Waals surface area (Å²) in [6.45, 7) is 17.5. The molecule has 0 aromatic carbocycles. The fourth-order valence-electron chi connectivity index (χ4n) is 6.25. The van der Waals surface area contributed by atoms with Gasteiger partial charge in [-0.3, -0.25) is 0 Å². The summed E-state index contributed by atoms with van der Waals surface area (Å²) in [5, 5.41) is 8.36. The van der Waals surface area contributed by atoms with Gasteiger partial charge in [-0.15, -0.1) is 22.7 Å². The molecule has 0 radical (unpaired) electrons. The first-order chi connectivity index (χ1) is 22.7. The minimum Gasteiger partial charge on any atom is -0.465 e. The number of likely N-dealkylation sites (tertiary alicyclic amines) is 1. The molecule has 4 rings (SSSR count). The Morgan fingerprint density at radius 1 is 0.750 bits per heavy atom. The Labute approximate surface area is 295 Å². The van der Waals surface area contributed by atoms with Crippen molar-refractivity contribution in [3.05, 3.63) is 53.9 Å². The SMILES string of the molecule is CCC(=C1CCN(C(=O)OC(C)(C)C)CC1)c1scc(C(=O)OC)c1C.CCC(=C1CCN(N(C)C)CC1)c1scc(C(=O)OC)c1C. The van der Waals surface area contributed by atoms with Crippen molar-refractivity contribution in [1.29, 1.82) is 0 Å². The lowest BCUT2D eigenvalue weighted by Gasteiger charge is -2.34. The number of allylic oxidation sites excluding steroid dienone is 2. The number of methoxy groups -OCH3 is 2. The smallest absolute Gasteiger partial charge is 0.410 e. The van der Waals surface area contributed by atoms with Gasteiger partial charge in [-0.2, -0.15) is 0 Å². The second kappa shape index (κ2) is 17.6. The van der Waals surface area contributed by atoms with Crippen LogP contribution in [-0.2, 0) is 14.2 Å². The van der Waals surface area contributed by atoms with Crippen LogP contribution in [0.25, 0.3) is 11.1 Å². The number of esters is 2. The second-order valence-electron chi connectivity index (χ2n) is 13.3. The third kappa shape index (κ3) is 9.80. The van der Waals surface area contributed by atoms with E-state index in [4.69, 9.17) is 14.2 Å². The van der Waals surface area contributed by atoms with Crippen molar-refractivity contribution >= 4 is 51.9 Å². The lowest BCUT2D eigenvalue weighted by molar-refractivity contribution is 0.0178. The van der Waals surface area contributed by atoms with Gasteiger partial charge in [0.2, 0.25) is 0 Å². The van der Waals surface area contributed by atoms with Crippen LogP contribution in [0.1, 0.15) is 115 Å². The number of hydrazine groups is 1. The van der Waals surface area contributed by atoms with Crippen molar-refractivity contribution < 1.29 is 28.6 Å². The van der Waals surface area contributed by atoms with Crippen LogP contribution in [0.15, 0.2) is 21.9 Å². The number of carbonyl (C=O) groups excluding carboxylic acids is 3. The zero-order chi connectivity index (χ0) is 35.8. The number of piperidine rings is 2. The van der Waals surface area contributed by atoms with E-state index in [1.54, 1.807) is 33.1 Å². The number of carbonyl (C=O) groups is 3. The molecule has 0 bridgehead atoms. The Morgan fingerprint density at radius 3 is 1.48 bits per heavy atom. The predicted molar refractivity (Wildman–Crippen MR) is 197 cm³/mol. The predicted octanol–water partition coefficient (Wildman–Crippen LogP) is 8.62. The van der Waals surface area contributed by atoms with Gasteiger partial charge in [0.05, 0.1) is 25.3 Å². The molecule has 2 saturated heterocycles. The zero-order valence-electron chi connectivity index (χ0n) is 30.8. The van der Waals surface area contributed by atoms with Crippen molar-refractivity contribution in [3.63, 3.8) is 0 Å². The van der Waals surface area contributed by atoms with Gasteiger partial charge in [-0.05, 0) is 95.4 Å². The maximum atomic E-state index is 12.2. The third-order valence-corrected chi connectivity index (χ3v) is 11.2. The molecular formula is C37H55N3O6S2. The summed E-state index contributed by atoms with van der Waals surface area (Å²) in [5.74, 6) is -0.520. The van der Waals surface area contributed by atoms with E-state index in [9.17, 15) is 14.4 Å². The Bertz CT molecular complexity index is 1490. The first-order valence-corrected chi connectivity index (χ1v) is 18.6. The molecule has 0 unspecified atom stereocenters. The van der Waals surface area contributed by atoms with E-state index in [2.05, 4.69) is 38.0 Å². The minimum atomic E-state index is -0.472. The third-order valence-electron chi connectivity index (χ3n) is 8.93. The molecule has 2 aromatic rings. The Hall–Kier alpha value is -2.99. The zero-order valence-corrected chi connectivity index (χ0v) is 32.5. The van der Waals surface area contributed by atoms with Crippen molar-refractivity contribution in [3.8, 4) is 0 Å². The molecule has 266 valence electrons. The van der Waals surface area contributed by atoms with Gasteiger partial charge in [-0.25, -0.2) is 24.4 Å². The number of thiophene rings is 2. The number of amides is 1. The fourth-order valence-corrected chi connectivity index (χ4v) is 8.70. The number of nitrogens with zero attached hydrogens (tertiary/aromatic N) is 3. The molecule has 0 aliphatic carbocycles. The largest absolute Gasteiger partial charge is 0.465 e. The van der Waals surface area contributed by atoms with Crippen LogP contribution in [-0.4, -0.2) is 93.0 Å². The molecule has 2 fully saturated rings. The monoisotopic (exact) mass is 701 g/mol. The average Bonchev–Trinajstić information content (AvgIpc) is 3.63. The molecular weight excluding hydrogens is 647 g/mol. The van der Waals surface area contributed by atoms with Crippen LogP contribution in [0.5, 0.6) is 0 Å².